The first kappa shape index (κ1) is 18.6. The van der Waals surface area contributed by atoms with E-state index in [0.717, 1.165) is 19.6 Å². The highest BCUT2D eigenvalue weighted by atomic mass is 79.9. The number of sulfonamides is 1. The zero-order valence-electron chi connectivity index (χ0n) is 12.8. The van der Waals surface area contributed by atoms with Crippen molar-refractivity contribution in [1.29, 1.82) is 0 Å². The molecule has 0 aliphatic carbocycles. The summed E-state index contributed by atoms with van der Waals surface area (Å²) < 4.78 is 32.8. The van der Waals surface area contributed by atoms with E-state index in [2.05, 4.69) is 44.7 Å². The lowest BCUT2D eigenvalue weighted by atomic mass is 10.4. The van der Waals surface area contributed by atoms with Crippen molar-refractivity contribution >= 4 is 26.0 Å². The van der Waals surface area contributed by atoms with Crippen molar-refractivity contribution in [2.24, 2.45) is 0 Å². The molecule has 2 N–H and O–H groups in total. The van der Waals surface area contributed by atoms with E-state index >= 15 is 0 Å². The third-order valence-electron chi connectivity index (χ3n) is 3.16. The van der Waals surface area contributed by atoms with Crippen LogP contribution >= 0.6 is 15.9 Å². The summed E-state index contributed by atoms with van der Waals surface area (Å²) in [6.07, 6.45) is 0. The molecule has 0 atom stereocenters. The Kier molecular flexibility index (Phi) is 7.89. The second-order valence-corrected chi connectivity index (χ2v) is 7.01. The number of halogens is 1. The van der Waals surface area contributed by atoms with Crippen LogP contribution in [0.15, 0.2) is 20.0 Å². The Bertz CT molecular complexity index is 527. The third kappa shape index (κ3) is 5.71. The summed E-state index contributed by atoms with van der Waals surface area (Å²) in [5.74, 6) is 0.591. The minimum absolute atomic E-state index is 0.148. The number of hydrogen-bond acceptors (Lipinski definition) is 5. The van der Waals surface area contributed by atoms with Gasteiger partial charge in [0.2, 0.25) is 10.0 Å². The van der Waals surface area contributed by atoms with Crippen molar-refractivity contribution in [3.05, 3.63) is 16.5 Å². The predicted molar refractivity (Wildman–Crippen MR) is 86.8 cm³/mol. The molecule has 0 spiro atoms. The molecular weight excluding hydrogens is 358 g/mol. The topological polar surface area (TPSA) is 74.6 Å². The standard InChI is InChI=1S/C13H24BrN3O3S/c1-4-15-10-11-9-12(13(14)20-11)21(18,19)16-7-8-17(5-2)6-3/h9,15-16H,4-8,10H2,1-3H3. The van der Waals surface area contributed by atoms with Crippen LogP contribution in [-0.4, -0.2) is 46.0 Å². The Morgan fingerprint density at radius 2 is 1.95 bits per heavy atom. The van der Waals surface area contributed by atoms with E-state index in [0.29, 0.717) is 25.4 Å². The summed E-state index contributed by atoms with van der Waals surface area (Å²) in [5, 5.41) is 3.09. The number of furan rings is 1. The van der Waals surface area contributed by atoms with E-state index in [1.165, 1.54) is 0 Å². The van der Waals surface area contributed by atoms with E-state index in [4.69, 9.17) is 4.42 Å². The largest absolute Gasteiger partial charge is 0.452 e. The molecule has 0 aliphatic rings. The van der Waals surface area contributed by atoms with Gasteiger partial charge in [-0.1, -0.05) is 20.8 Å². The third-order valence-corrected chi connectivity index (χ3v) is 5.48. The van der Waals surface area contributed by atoms with Crippen LogP contribution in [-0.2, 0) is 16.6 Å². The molecule has 21 heavy (non-hydrogen) atoms. The zero-order chi connectivity index (χ0) is 15.9. The lowest BCUT2D eigenvalue weighted by Crippen LogP contribution is -2.34. The smallest absolute Gasteiger partial charge is 0.245 e. The molecule has 6 nitrogen and oxygen atoms in total. The maximum Gasteiger partial charge on any atom is 0.245 e. The minimum atomic E-state index is -3.55. The van der Waals surface area contributed by atoms with Gasteiger partial charge in [-0.2, -0.15) is 0 Å². The molecule has 0 unspecified atom stereocenters. The van der Waals surface area contributed by atoms with Gasteiger partial charge in [0.15, 0.2) is 4.67 Å². The molecule has 1 aromatic heterocycles. The highest BCUT2D eigenvalue weighted by Crippen LogP contribution is 2.25. The van der Waals surface area contributed by atoms with Crippen LogP contribution in [0.5, 0.6) is 0 Å². The fraction of sp³-hybridized carbons (Fsp3) is 0.692. The summed E-state index contributed by atoms with van der Waals surface area (Å²) in [6, 6.07) is 1.55. The van der Waals surface area contributed by atoms with Crippen LogP contribution in [0.2, 0.25) is 0 Å². The first-order chi connectivity index (χ1) is 9.94. The average Bonchev–Trinajstić information content (AvgIpc) is 2.83. The summed E-state index contributed by atoms with van der Waals surface area (Å²) in [5.41, 5.74) is 0. The van der Waals surface area contributed by atoms with Gasteiger partial charge in [-0.15, -0.1) is 0 Å². The molecule has 8 heteroatoms. The molecule has 1 heterocycles. The molecule has 0 saturated heterocycles. The number of rotatable bonds is 10. The fourth-order valence-electron chi connectivity index (χ4n) is 1.87. The van der Waals surface area contributed by atoms with Gasteiger partial charge >= 0.3 is 0 Å². The number of nitrogens with zero attached hydrogens (tertiary/aromatic N) is 1. The number of hydrogen-bond donors (Lipinski definition) is 2. The molecule has 1 aromatic rings. The van der Waals surface area contributed by atoms with Crippen LogP contribution < -0.4 is 10.0 Å². The highest BCUT2D eigenvalue weighted by molar-refractivity contribution is 9.10. The molecule has 0 saturated carbocycles. The summed E-state index contributed by atoms with van der Waals surface area (Å²) in [7, 11) is -3.55. The molecule has 0 fully saturated rings. The summed E-state index contributed by atoms with van der Waals surface area (Å²) in [6.45, 7) is 10.3. The Morgan fingerprint density at radius 3 is 2.52 bits per heavy atom. The van der Waals surface area contributed by atoms with Crippen LogP contribution in [0.1, 0.15) is 26.5 Å². The molecule has 0 aromatic carbocycles. The first-order valence-corrected chi connectivity index (χ1v) is 9.43. The average molecular weight is 382 g/mol. The summed E-state index contributed by atoms with van der Waals surface area (Å²) >= 11 is 3.17. The minimum Gasteiger partial charge on any atom is -0.452 e. The van der Waals surface area contributed by atoms with E-state index in [1.807, 2.05) is 6.92 Å². The SMILES string of the molecule is CCNCc1cc(S(=O)(=O)NCCN(CC)CC)c(Br)o1. The van der Waals surface area contributed by atoms with Crippen molar-refractivity contribution in [2.45, 2.75) is 32.2 Å². The lowest BCUT2D eigenvalue weighted by Gasteiger charge is -2.17. The van der Waals surface area contributed by atoms with Crippen LogP contribution in [0, 0.1) is 0 Å². The van der Waals surface area contributed by atoms with E-state index in [9.17, 15) is 8.42 Å². The Morgan fingerprint density at radius 1 is 1.29 bits per heavy atom. The van der Waals surface area contributed by atoms with Gasteiger partial charge in [0.25, 0.3) is 0 Å². The monoisotopic (exact) mass is 381 g/mol. The van der Waals surface area contributed by atoms with E-state index < -0.39 is 10.0 Å². The predicted octanol–water partition coefficient (Wildman–Crippen LogP) is 1.77. The quantitative estimate of drug-likeness (QED) is 0.645. The second-order valence-electron chi connectivity index (χ2n) is 4.56. The fourth-order valence-corrected chi connectivity index (χ4v) is 3.89. The molecule has 0 aliphatic heterocycles. The van der Waals surface area contributed by atoms with Crippen molar-refractivity contribution in [3.63, 3.8) is 0 Å². The van der Waals surface area contributed by atoms with Gasteiger partial charge in [0, 0.05) is 19.2 Å². The number of nitrogens with one attached hydrogen (secondary N) is 2. The van der Waals surface area contributed by atoms with Crippen LogP contribution in [0.25, 0.3) is 0 Å². The maximum absolute atomic E-state index is 12.3. The van der Waals surface area contributed by atoms with Gasteiger partial charge in [0.05, 0.1) is 6.54 Å². The van der Waals surface area contributed by atoms with E-state index in [1.54, 1.807) is 6.07 Å². The molecular formula is C13H24BrN3O3S. The Labute approximate surface area is 135 Å². The summed E-state index contributed by atoms with van der Waals surface area (Å²) in [4.78, 5) is 2.30. The van der Waals surface area contributed by atoms with Gasteiger partial charge in [-0.25, -0.2) is 13.1 Å². The molecule has 0 radical (unpaired) electrons. The molecule has 0 amide bonds. The normalized spacial score (nSPS) is 12.2. The Hall–Kier alpha value is -0.410. The van der Waals surface area contributed by atoms with Gasteiger partial charge in [-0.3, -0.25) is 0 Å². The van der Waals surface area contributed by atoms with Gasteiger partial charge in [0.1, 0.15) is 10.7 Å². The van der Waals surface area contributed by atoms with Crippen LogP contribution in [0.4, 0.5) is 0 Å². The molecule has 1 rings (SSSR count). The maximum atomic E-state index is 12.3. The zero-order valence-corrected chi connectivity index (χ0v) is 15.2. The van der Waals surface area contributed by atoms with E-state index in [-0.39, 0.29) is 9.56 Å². The molecule has 0 bridgehead atoms. The second kappa shape index (κ2) is 8.89. The molecule has 122 valence electrons. The first-order valence-electron chi connectivity index (χ1n) is 7.15. The van der Waals surface area contributed by atoms with Crippen molar-refractivity contribution < 1.29 is 12.8 Å². The van der Waals surface area contributed by atoms with Crippen molar-refractivity contribution in [3.8, 4) is 0 Å². The van der Waals surface area contributed by atoms with Gasteiger partial charge < -0.3 is 14.6 Å². The van der Waals surface area contributed by atoms with Crippen molar-refractivity contribution in [1.82, 2.24) is 14.9 Å². The number of likely N-dealkylation sites (N-methyl/N-ethyl adjacent to an activating group) is 1. The Balaban J connectivity index is 2.67. The van der Waals surface area contributed by atoms with Crippen LogP contribution in [0.3, 0.4) is 0 Å². The van der Waals surface area contributed by atoms with Crippen molar-refractivity contribution in [2.75, 3.05) is 32.7 Å². The lowest BCUT2D eigenvalue weighted by molar-refractivity contribution is 0.309. The van der Waals surface area contributed by atoms with Gasteiger partial charge in [-0.05, 0) is 35.6 Å². The highest BCUT2D eigenvalue weighted by Gasteiger charge is 2.22.